The number of rotatable bonds is 4. The molecule has 0 unspecified atom stereocenters. The number of hydrogen-bond acceptors (Lipinski definition) is 6. The highest BCUT2D eigenvalue weighted by Crippen LogP contribution is 2.30. The molecular weight excluding hydrogens is 301 g/mol. The van der Waals surface area contributed by atoms with Crippen LogP contribution in [-0.2, 0) is 10.0 Å². The van der Waals surface area contributed by atoms with Gasteiger partial charge in [-0.25, -0.2) is 17.5 Å². The van der Waals surface area contributed by atoms with E-state index >= 15 is 0 Å². The fourth-order valence-corrected chi connectivity index (χ4v) is 2.74. The molecular formula is C12H14FN3O4S. The van der Waals surface area contributed by atoms with Gasteiger partial charge in [-0.15, -0.1) is 0 Å². The summed E-state index contributed by atoms with van der Waals surface area (Å²) in [5.41, 5.74) is 6.53. The molecule has 0 aliphatic heterocycles. The fraction of sp³-hybridized carbons (Fsp3) is 0.250. The lowest BCUT2D eigenvalue weighted by molar-refractivity contribution is 0.388. The van der Waals surface area contributed by atoms with E-state index in [1.165, 1.54) is 7.11 Å². The van der Waals surface area contributed by atoms with E-state index in [9.17, 15) is 12.8 Å². The Hall–Kier alpha value is -2.29. The summed E-state index contributed by atoms with van der Waals surface area (Å²) in [4.78, 5) is -0.341. The number of nitrogen functional groups attached to an aromatic ring is 1. The lowest BCUT2D eigenvalue weighted by Gasteiger charge is -2.10. The van der Waals surface area contributed by atoms with Crippen LogP contribution < -0.4 is 15.2 Å². The number of aromatic nitrogens is 1. The molecule has 1 aromatic carbocycles. The first-order chi connectivity index (χ1) is 9.76. The zero-order chi connectivity index (χ0) is 15.8. The second kappa shape index (κ2) is 5.24. The molecule has 0 saturated heterocycles. The largest absolute Gasteiger partial charge is 0.492 e. The van der Waals surface area contributed by atoms with E-state index in [4.69, 9.17) is 15.0 Å². The van der Waals surface area contributed by atoms with Crippen molar-refractivity contribution in [1.29, 1.82) is 0 Å². The predicted molar refractivity (Wildman–Crippen MR) is 74.1 cm³/mol. The summed E-state index contributed by atoms with van der Waals surface area (Å²) in [5, 5.41) is 3.64. The number of methoxy groups -OCH3 is 1. The summed E-state index contributed by atoms with van der Waals surface area (Å²) in [5.74, 6) is -1.11. The fourth-order valence-electron chi connectivity index (χ4n) is 1.65. The number of halogens is 1. The van der Waals surface area contributed by atoms with Crippen molar-refractivity contribution >= 4 is 21.6 Å². The van der Waals surface area contributed by atoms with Crippen LogP contribution in [0.3, 0.4) is 0 Å². The average molecular weight is 315 g/mol. The lowest BCUT2D eigenvalue weighted by Crippen LogP contribution is -2.14. The summed E-state index contributed by atoms with van der Waals surface area (Å²) in [6.45, 7) is 3.31. The summed E-state index contributed by atoms with van der Waals surface area (Å²) in [7, 11) is -2.81. The Morgan fingerprint density at radius 1 is 1.38 bits per heavy atom. The molecule has 9 heteroatoms. The van der Waals surface area contributed by atoms with Gasteiger partial charge in [0.25, 0.3) is 10.0 Å². The number of sulfonamides is 1. The maximum atomic E-state index is 13.7. The van der Waals surface area contributed by atoms with Gasteiger partial charge >= 0.3 is 0 Å². The minimum Gasteiger partial charge on any atom is -0.492 e. The van der Waals surface area contributed by atoms with Crippen LogP contribution in [0.4, 0.5) is 16.0 Å². The van der Waals surface area contributed by atoms with E-state index in [0.717, 1.165) is 12.1 Å². The van der Waals surface area contributed by atoms with E-state index in [2.05, 4.69) is 9.88 Å². The van der Waals surface area contributed by atoms with E-state index in [1.54, 1.807) is 13.8 Å². The first kappa shape index (κ1) is 15.1. The minimum atomic E-state index is -4.05. The van der Waals surface area contributed by atoms with Crippen LogP contribution in [0.25, 0.3) is 0 Å². The van der Waals surface area contributed by atoms with Gasteiger partial charge in [-0.1, -0.05) is 5.16 Å². The molecule has 0 radical (unpaired) electrons. The number of nitrogens with two attached hydrogens (primary N) is 1. The van der Waals surface area contributed by atoms with Gasteiger partial charge < -0.3 is 15.0 Å². The molecule has 114 valence electrons. The molecule has 0 aliphatic rings. The Morgan fingerprint density at radius 2 is 2.05 bits per heavy atom. The Labute approximate surface area is 120 Å². The van der Waals surface area contributed by atoms with Crippen LogP contribution in [0.2, 0.25) is 0 Å². The number of ether oxygens (including phenoxy) is 1. The normalized spacial score (nSPS) is 11.4. The van der Waals surface area contributed by atoms with Crippen molar-refractivity contribution in [3.05, 3.63) is 29.2 Å². The third kappa shape index (κ3) is 2.77. The smallest absolute Gasteiger partial charge is 0.264 e. The number of nitrogens with one attached hydrogen (secondary N) is 1. The van der Waals surface area contributed by atoms with Crippen LogP contribution in [-0.4, -0.2) is 20.7 Å². The molecule has 21 heavy (non-hydrogen) atoms. The predicted octanol–water partition coefficient (Wildman–Crippen LogP) is 1.82. The van der Waals surface area contributed by atoms with Crippen molar-refractivity contribution in [1.82, 2.24) is 5.16 Å². The number of hydrogen-bond donors (Lipinski definition) is 2. The lowest BCUT2D eigenvalue weighted by atomic mass is 10.3. The van der Waals surface area contributed by atoms with Gasteiger partial charge in [0.05, 0.1) is 23.4 Å². The first-order valence-corrected chi connectivity index (χ1v) is 7.33. The minimum absolute atomic E-state index is 0.0257. The number of benzene rings is 1. The molecule has 0 aliphatic carbocycles. The summed E-state index contributed by atoms with van der Waals surface area (Å²) >= 11 is 0. The molecule has 0 atom stereocenters. The van der Waals surface area contributed by atoms with Crippen molar-refractivity contribution in [2.75, 3.05) is 17.6 Å². The highest BCUT2D eigenvalue weighted by Gasteiger charge is 2.22. The average Bonchev–Trinajstić information content (AvgIpc) is 2.70. The summed E-state index contributed by atoms with van der Waals surface area (Å²) < 4.78 is 49.9. The van der Waals surface area contributed by atoms with Gasteiger partial charge in [-0.2, -0.15) is 0 Å². The highest BCUT2D eigenvalue weighted by molar-refractivity contribution is 7.92. The molecule has 2 aromatic rings. The Balaban J connectivity index is 2.43. The Morgan fingerprint density at radius 3 is 2.52 bits per heavy atom. The zero-order valence-corrected chi connectivity index (χ0v) is 12.4. The molecule has 0 saturated carbocycles. The van der Waals surface area contributed by atoms with Gasteiger partial charge in [0.15, 0.2) is 11.6 Å². The van der Waals surface area contributed by atoms with E-state index in [1.807, 2.05) is 0 Å². The summed E-state index contributed by atoms with van der Waals surface area (Å²) in [6.07, 6.45) is 0. The van der Waals surface area contributed by atoms with E-state index < -0.39 is 15.8 Å². The molecule has 0 bridgehead atoms. The monoisotopic (exact) mass is 315 g/mol. The second-order valence-electron chi connectivity index (χ2n) is 4.36. The van der Waals surface area contributed by atoms with Gasteiger partial charge in [0.1, 0.15) is 0 Å². The SMILES string of the molecule is COc1c(N)cc(S(=O)(=O)Nc2onc(C)c2C)cc1F. The molecule has 0 fully saturated rings. The standard InChI is InChI=1S/C12H14FN3O4S/c1-6-7(2)15-20-12(6)16-21(17,18)8-4-9(13)11(19-3)10(14)5-8/h4-5,16H,14H2,1-3H3. The number of nitrogens with zero attached hydrogens (tertiary/aromatic N) is 1. The molecule has 0 spiro atoms. The molecule has 3 N–H and O–H groups in total. The second-order valence-corrected chi connectivity index (χ2v) is 6.04. The Kier molecular flexibility index (Phi) is 3.77. The number of anilines is 2. The van der Waals surface area contributed by atoms with Gasteiger partial charge in [-0.05, 0) is 26.0 Å². The maximum absolute atomic E-state index is 13.7. The van der Waals surface area contributed by atoms with Crippen molar-refractivity contribution in [2.45, 2.75) is 18.7 Å². The van der Waals surface area contributed by atoms with Crippen molar-refractivity contribution in [3.63, 3.8) is 0 Å². The molecule has 1 heterocycles. The van der Waals surface area contributed by atoms with Crippen LogP contribution in [0.1, 0.15) is 11.3 Å². The van der Waals surface area contributed by atoms with Crippen LogP contribution in [0.15, 0.2) is 21.6 Å². The van der Waals surface area contributed by atoms with Gasteiger partial charge in [-0.3, -0.25) is 0 Å². The zero-order valence-electron chi connectivity index (χ0n) is 11.6. The maximum Gasteiger partial charge on any atom is 0.264 e. The topological polar surface area (TPSA) is 107 Å². The van der Waals surface area contributed by atoms with Crippen molar-refractivity contribution in [2.24, 2.45) is 0 Å². The van der Waals surface area contributed by atoms with Crippen molar-refractivity contribution in [3.8, 4) is 5.75 Å². The number of aryl methyl sites for hydroxylation is 1. The summed E-state index contributed by atoms with van der Waals surface area (Å²) in [6, 6.07) is 1.92. The third-order valence-corrected chi connectivity index (χ3v) is 4.25. The molecule has 7 nitrogen and oxygen atoms in total. The Bertz CT molecular complexity index is 763. The van der Waals surface area contributed by atoms with Crippen LogP contribution in [0, 0.1) is 19.7 Å². The first-order valence-electron chi connectivity index (χ1n) is 5.85. The molecule has 0 amide bonds. The van der Waals surface area contributed by atoms with Gasteiger partial charge in [0, 0.05) is 5.56 Å². The quantitative estimate of drug-likeness (QED) is 0.833. The highest BCUT2D eigenvalue weighted by atomic mass is 32.2. The van der Waals surface area contributed by atoms with E-state index in [0.29, 0.717) is 11.3 Å². The van der Waals surface area contributed by atoms with Crippen LogP contribution >= 0.6 is 0 Å². The van der Waals surface area contributed by atoms with Gasteiger partial charge in [0.2, 0.25) is 5.88 Å². The van der Waals surface area contributed by atoms with Crippen LogP contribution in [0.5, 0.6) is 5.75 Å². The van der Waals surface area contributed by atoms with E-state index in [-0.39, 0.29) is 22.2 Å². The third-order valence-electron chi connectivity index (χ3n) is 2.94. The van der Waals surface area contributed by atoms with Crippen molar-refractivity contribution < 1.29 is 22.1 Å². The molecule has 1 aromatic heterocycles. The molecule has 2 rings (SSSR count).